The van der Waals surface area contributed by atoms with Crippen LogP contribution in [0.4, 0.5) is 0 Å². The fraction of sp³-hybridized carbons (Fsp3) is 0.278. The maximum absolute atomic E-state index is 12.9. The molecule has 0 radical (unpaired) electrons. The molecule has 0 spiro atoms. The molecule has 0 N–H and O–H groups in total. The topological polar surface area (TPSA) is 86.0 Å². The van der Waals surface area contributed by atoms with Crippen molar-refractivity contribution in [1.29, 1.82) is 0 Å². The highest BCUT2D eigenvalue weighted by Gasteiger charge is 2.23. The van der Waals surface area contributed by atoms with Gasteiger partial charge in [-0.15, -0.1) is 10.2 Å². The number of ether oxygens (including phenoxy) is 1. The molecule has 2 heterocycles. The van der Waals surface area contributed by atoms with Crippen molar-refractivity contribution in [2.45, 2.75) is 6.04 Å². The van der Waals surface area contributed by atoms with Crippen molar-refractivity contribution in [3.8, 4) is 11.4 Å². The van der Waals surface area contributed by atoms with Crippen LogP contribution in [-0.2, 0) is 11.8 Å². The molecule has 26 heavy (non-hydrogen) atoms. The van der Waals surface area contributed by atoms with Gasteiger partial charge in [-0.2, -0.15) is 4.80 Å². The zero-order chi connectivity index (χ0) is 18.5. The minimum Gasteiger partial charge on any atom is -0.382 e. The number of hydrogen-bond acceptors (Lipinski definition) is 6. The number of carbonyl (C=O) groups is 1. The number of aromatic nitrogens is 5. The number of pyridine rings is 1. The van der Waals surface area contributed by atoms with Gasteiger partial charge in [0.1, 0.15) is 0 Å². The van der Waals surface area contributed by atoms with Crippen molar-refractivity contribution in [2.75, 3.05) is 20.8 Å². The first-order valence-corrected chi connectivity index (χ1v) is 8.11. The lowest BCUT2D eigenvalue weighted by Gasteiger charge is -2.27. The van der Waals surface area contributed by atoms with E-state index in [0.717, 1.165) is 11.3 Å². The van der Waals surface area contributed by atoms with E-state index in [-0.39, 0.29) is 11.9 Å². The Hall–Kier alpha value is -3.13. The van der Waals surface area contributed by atoms with Crippen molar-refractivity contribution in [1.82, 2.24) is 30.1 Å². The standard InChI is InChI=1S/C18H20N6O2/c1-23(16(12-26-3)15-6-4-5-11-19-15)18(25)14-9-7-13(8-10-14)17-20-22-24(2)21-17/h4-11,16H,12H2,1-3H3/t16-/m1/s1. The van der Waals surface area contributed by atoms with Crippen LogP contribution in [0.2, 0.25) is 0 Å². The SMILES string of the molecule is COC[C@H](c1ccccn1)N(C)C(=O)c1ccc(-c2nnn(C)n2)cc1. The Balaban J connectivity index is 1.80. The molecule has 0 fully saturated rings. The lowest BCUT2D eigenvalue weighted by Crippen LogP contribution is -2.34. The molecule has 0 bridgehead atoms. The van der Waals surface area contributed by atoms with Crippen LogP contribution in [0, 0.1) is 0 Å². The third-order valence-electron chi connectivity index (χ3n) is 4.04. The van der Waals surface area contributed by atoms with Gasteiger partial charge >= 0.3 is 0 Å². The van der Waals surface area contributed by atoms with E-state index in [1.165, 1.54) is 4.80 Å². The normalized spacial score (nSPS) is 12.0. The van der Waals surface area contributed by atoms with E-state index < -0.39 is 0 Å². The number of aryl methyl sites for hydroxylation is 1. The summed E-state index contributed by atoms with van der Waals surface area (Å²) in [5.41, 5.74) is 2.15. The second-order valence-corrected chi connectivity index (χ2v) is 5.82. The summed E-state index contributed by atoms with van der Waals surface area (Å²) in [6.45, 7) is 0.362. The van der Waals surface area contributed by atoms with Crippen LogP contribution in [-0.4, -0.2) is 56.8 Å². The lowest BCUT2D eigenvalue weighted by molar-refractivity contribution is 0.0595. The first-order chi connectivity index (χ1) is 12.6. The number of benzene rings is 1. The Morgan fingerprint density at radius 3 is 2.58 bits per heavy atom. The Labute approximate surface area is 151 Å². The number of carbonyl (C=O) groups excluding carboxylic acids is 1. The first-order valence-electron chi connectivity index (χ1n) is 8.11. The van der Waals surface area contributed by atoms with Crippen molar-refractivity contribution in [2.24, 2.45) is 7.05 Å². The molecule has 1 amide bonds. The lowest BCUT2D eigenvalue weighted by atomic mass is 10.1. The van der Waals surface area contributed by atoms with E-state index in [1.807, 2.05) is 30.3 Å². The van der Waals surface area contributed by atoms with Gasteiger partial charge in [0.05, 0.1) is 25.4 Å². The van der Waals surface area contributed by atoms with E-state index in [1.54, 1.807) is 44.4 Å². The summed E-state index contributed by atoms with van der Waals surface area (Å²) in [7, 11) is 5.06. The van der Waals surface area contributed by atoms with Gasteiger partial charge in [-0.3, -0.25) is 9.78 Å². The van der Waals surface area contributed by atoms with Crippen molar-refractivity contribution < 1.29 is 9.53 Å². The predicted octanol–water partition coefficient (Wildman–Crippen LogP) is 1.73. The molecule has 0 saturated heterocycles. The third kappa shape index (κ3) is 3.75. The van der Waals surface area contributed by atoms with Crippen LogP contribution in [0.1, 0.15) is 22.1 Å². The highest BCUT2D eigenvalue weighted by atomic mass is 16.5. The van der Waals surface area contributed by atoms with E-state index in [4.69, 9.17) is 4.74 Å². The van der Waals surface area contributed by atoms with Crippen LogP contribution in [0.3, 0.4) is 0 Å². The fourth-order valence-electron chi connectivity index (χ4n) is 2.63. The Kier molecular flexibility index (Phi) is 5.33. The summed E-state index contributed by atoms with van der Waals surface area (Å²) in [6, 6.07) is 12.5. The Morgan fingerprint density at radius 2 is 2.00 bits per heavy atom. The average molecular weight is 352 g/mol. The molecule has 3 rings (SSSR count). The molecule has 0 saturated carbocycles. The second kappa shape index (κ2) is 7.83. The second-order valence-electron chi connectivity index (χ2n) is 5.82. The summed E-state index contributed by atoms with van der Waals surface area (Å²) in [5.74, 6) is 0.405. The van der Waals surface area contributed by atoms with Gasteiger partial charge in [-0.1, -0.05) is 18.2 Å². The number of nitrogens with zero attached hydrogens (tertiary/aromatic N) is 6. The molecule has 134 valence electrons. The number of rotatable bonds is 6. The average Bonchev–Trinajstić information content (AvgIpc) is 3.12. The quantitative estimate of drug-likeness (QED) is 0.672. The molecule has 8 nitrogen and oxygen atoms in total. The van der Waals surface area contributed by atoms with E-state index in [2.05, 4.69) is 20.4 Å². The van der Waals surface area contributed by atoms with Gasteiger partial charge in [0.2, 0.25) is 5.82 Å². The van der Waals surface area contributed by atoms with Crippen LogP contribution < -0.4 is 0 Å². The summed E-state index contributed by atoms with van der Waals surface area (Å²) in [6.07, 6.45) is 1.71. The van der Waals surface area contributed by atoms with Crippen molar-refractivity contribution in [3.05, 3.63) is 59.9 Å². The molecule has 2 aromatic heterocycles. The molecule has 1 aromatic carbocycles. The smallest absolute Gasteiger partial charge is 0.254 e. The van der Waals surface area contributed by atoms with Crippen molar-refractivity contribution >= 4 is 5.91 Å². The molecule has 0 aliphatic heterocycles. The number of methoxy groups -OCH3 is 1. The zero-order valence-corrected chi connectivity index (χ0v) is 14.9. The summed E-state index contributed by atoms with van der Waals surface area (Å²) >= 11 is 0. The van der Waals surface area contributed by atoms with Gasteiger partial charge < -0.3 is 9.64 Å². The number of likely N-dealkylation sites (N-methyl/N-ethyl adjacent to an activating group) is 1. The summed E-state index contributed by atoms with van der Waals surface area (Å²) in [4.78, 5) is 20.3. The maximum atomic E-state index is 12.9. The highest BCUT2D eigenvalue weighted by Crippen LogP contribution is 2.21. The van der Waals surface area contributed by atoms with Crippen molar-refractivity contribution in [3.63, 3.8) is 0 Å². The van der Waals surface area contributed by atoms with Crippen LogP contribution in [0.5, 0.6) is 0 Å². The van der Waals surface area contributed by atoms with Gasteiger partial charge in [0.25, 0.3) is 5.91 Å². The molecular formula is C18H20N6O2. The van der Waals surface area contributed by atoms with E-state index >= 15 is 0 Å². The Morgan fingerprint density at radius 1 is 1.23 bits per heavy atom. The first kappa shape index (κ1) is 17.7. The van der Waals surface area contributed by atoms with Crippen LogP contribution in [0.15, 0.2) is 48.7 Å². The highest BCUT2D eigenvalue weighted by molar-refractivity contribution is 5.94. The van der Waals surface area contributed by atoms with Crippen LogP contribution in [0.25, 0.3) is 11.4 Å². The molecule has 3 aromatic rings. The molecule has 0 aliphatic carbocycles. The minimum atomic E-state index is -0.268. The molecular weight excluding hydrogens is 332 g/mol. The number of tetrazole rings is 1. The van der Waals surface area contributed by atoms with Gasteiger partial charge in [0.15, 0.2) is 0 Å². The number of amides is 1. The van der Waals surface area contributed by atoms with E-state index in [0.29, 0.717) is 18.0 Å². The summed E-state index contributed by atoms with van der Waals surface area (Å²) in [5, 5.41) is 11.9. The monoisotopic (exact) mass is 352 g/mol. The fourth-order valence-corrected chi connectivity index (χ4v) is 2.63. The molecule has 1 atom stereocenters. The molecule has 8 heteroatoms. The largest absolute Gasteiger partial charge is 0.382 e. The van der Waals surface area contributed by atoms with Gasteiger partial charge in [-0.05, 0) is 29.5 Å². The molecule has 0 aliphatic rings. The van der Waals surface area contributed by atoms with Crippen LogP contribution >= 0.6 is 0 Å². The molecule has 0 unspecified atom stereocenters. The zero-order valence-electron chi connectivity index (χ0n) is 14.9. The minimum absolute atomic E-state index is 0.114. The Bertz CT molecular complexity index is 863. The predicted molar refractivity (Wildman–Crippen MR) is 95.2 cm³/mol. The number of hydrogen-bond donors (Lipinski definition) is 0. The van der Waals surface area contributed by atoms with Gasteiger partial charge in [-0.25, -0.2) is 0 Å². The summed E-state index contributed by atoms with van der Waals surface area (Å²) < 4.78 is 5.29. The third-order valence-corrected chi connectivity index (χ3v) is 4.04. The van der Waals surface area contributed by atoms with Gasteiger partial charge in [0, 0.05) is 31.5 Å². The van der Waals surface area contributed by atoms with E-state index in [9.17, 15) is 4.79 Å². The maximum Gasteiger partial charge on any atom is 0.254 e.